The molecule has 3 N–H and O–H groups in total. The minimum absolute atomic E-state index is 0.0137. The van der Waals surface area contributed by atoms with Crippen molar-refractivity contribution >= 4 is 17.6 Å². The van der Waals surface area contributed by atoms with Crippen LogP contribution in [0.2, 0.25) is 0 Å². The van der Waals surface area contributed by atoms with Crippen LogP contribution in [-0.2, 0) is 11.2 Å². The largest absolute Gasteiger partial charge is 0.339 e. The van der Waals surface area contributed by atoms with Crippen LogP contribution in [0.1, 0.15) is 18.4 Å². The second-order valence-corrected chi connectivity index (χ2v) is 7.04. The van der Waals surface area contributed by atoms with Gasteiger partial charge in [-0.3, -0.25) is 4.79 Å². The van der Waals surface area contributed by atoms with Crippen LogP contribution < -0.4 is 16.0 Å². The number of hydrogen-bond donors (Lipinski definition) is 3. The smallest absolute Gasteiger partial charge is 0.319 e. The van der Waals surface area contributed by atoms with Gasteiger partial charge in [-0.25, -0.2) is 4.79 Å². The number of nitrogens with one attached hydrogen (secondary N) is 3. The molecule has 6 nitrogen and oxygen atoms in total. The number of anilines is 1. The molecule has 0 bridgehead atoms. The number of carbonyl (C=O) groups excluding carboxylic acids is 2. The summed E-state index contributed by atoms with van der Waals surface area (Å²) in [5.74, 6) is -0.0622. The number of para-hydroxylation sites is 1. The van der Waals surface area contributed by atoms with Gasteiger partial charge in [-0.05, 0) is 43.5 Å². The van der Waals surface area contributed by atoms with Crippen molar-refractivity contribution in [1.82, 2.24) is 15.5 Å². The van der Waals surface area contributed by atoms with E-state index in [2.05, 4.69) is 28.1 Å². The Balaban J connectivity index is 1.51. The van der Waals surface area contributed by atoms with Gasteiger partial charge in [-0.1, -0.05) is 48.5 Å². The molecule has 3 amide bonds. The van der Waals surface area contributed by atoms with Crippen LogP contribution in [0, 0.1) is 0 Å². The van der Waals surface area contributed by atoms with E-state index in [9.17, 15) is 9.59 Å². The number of nitrogens with zero attached hydrogens (tertiary/aromatic N) is 1. The van der Waals surface area contributed by atoms with Gasteiger partial charge in [-0.15, -0.1) is 0 Å². The summed E-state index contributed by atoms with van der Waals surface area (Å²) in [5, 5.41) is 8.85. The highest BCUT2D eigenvalue weighted by Crippen LogP contribution is 2.09. The van der Waals surface area contributed by atoms with Crippen LogP contribution in [0.3, 0.4) is 0 Å². The lowest BCUT2D eigenvalue weighted by atomic mass is 10.1. The van der Waals surface area contributed by atoms with Crippen molar-refractivity contribution in [3.05, 3.63) is 66.2 Å². The second-order valence-electron chi connectivity index (χ2n) is 7.04. The molecule has 148 valence electrons. The van der Waals surface area contributed by atoms with E-state index in [1.54, 1.807) is 12.1 Å². The highest BCUT2D eigenvalue weighted by molar-refractivity contribution is 5.92. The van der Waals surface area contributed by atoms with Gasteiger partial charge in [-0.2, -0.15) is 0 Å². The maximum absolute atomic E-state index is 12.8. The van der Waals surface area contributed by atoms with E-state index in [-0.39, 0.29) is 18.5 Å². The fourth-order valence-corrected chi connectivity index (χ4v) is 3.37. The molecule has 0 spiro atoms. The van der Waals surface area contributed by atoms with Crippen LogP contribution >= 0.6 is 0 Å². The minimum atomic E-state index is -0.374. The quantitative estimate of drug-likeness (QED) is 0.659. The molecule has 2 aromatic carbocycles. The monoisotopic (exact) mass is 380 g/mol. The molecule has 1 aliphatic heterocycles. The molecule has 28 heavy (non-hydrogen) atoms. The molecule has 1 atom stereocenters. The summed E-state index contributed by atoms with van der Waals surface area (Å²) < 4.78 is 0. The van der Waals surface area contributed by atoms with Gasteiger partial charge < -0.3 is 20.9 Å². The van der Waals surface area contributed by atoms with Crippen LogP contribution in [0.15, 0.2) is 60.7 Å². The van der Waals surface area contributed by atoms with Gasteiger partial charge in [0, 0.05) is 24.8 Å². The molecule has 0 saturated carbocycles. The van der Waals surface area contributed by atoms with E-state index in [0.717, 1.165) is 25.8 Å². The number of carbonyl (C=O) groups is 2. The van der Waals surface area contributed by atoms with E-state index in [1.807, 2.05) is 41.3 Å². The average Bonchev–Trinajstić information content (AvgIpc) is 3.24. The maximum Gasteiger partial charge on any atom is 0.319 e. The lowest BCUT2D eigenvalue weighted by Crippen LogP contribution is -2.46. The number of benzene rings is 2. The lowest BCUT2D eigenvalue weighted by molar-refractivity contribution is -0.130. The third-order valence-electron chi connectivity index (χ3n) is 4.90. The molecule has 1 fully saturated rings. The molecule has 3 rings (SSSR count). The first-order chi connectivity index (χ1) is 13.7. The Morgan fingerprint density at radius 3 is 2.43 bits per heavy atom. The first-order valence-electron chi connectivity index (χ1n) is 9.86. The van der Waals surface area contributed by atoms with E-state index >= 15 is 0 Å². The molecule has 1 heterocycles. The standard InChI is InChI=1S/C22H28N4O2/c27-21(16-24-22(28)25-19-10-5-2-6-11-19)26(17-20-12-7-14-23-20)15-13-18-8-3-1-4-9-18/h1-6,8-11,20,23H,7,12-17H2,(H2,24,25,28)/t20-/m0/s1. The Kier molecular flexibility index (Phi) is 7.44. The van der Waals surface area contributed by atoms with Crippen LogP contribution in [0.5, 0.6) is 0 Å². The second kappa shape index (κ2) is 10.5. The van der Waals surface area contributed by atoms with Crippen molar-refractivity contribution in [3.63, 3.8) is 0 Å². The molecule has 0 unspecified atom stereocenters. The van der Waals surface area contributed by atoms with Crippen molar-refractivity contribution < 1.29 is 9.59 Å². The van der Waals surface area contributed by atoms with Crippen molar-refractivity contribution in [3.8, 4) is 0 Å². The number of urea groups is 1. The highest BCUT2D eigenvalue weighted by atomic mass is 16.2. The van der Waals surface area contributed by atoms with Crippen molar-refractivity contribution in [2.75, 3.05) is 31.5 Å². The normalized spacial score (nSPS) is 15.8. The summed E-state index contributed by atoms with van der Waals surface area (Å²) >= 11 is 0. The molecule has 0 aromatic heterocycles. The highest BCUT2D eigenvalue weighted by Gasteiger charge is 2.21. The van der Waals surface area contributed by atoms with Crippen LogP contribution in [-0.4, -0.2) is 49.1 Å². The zero-order valence-electron chi connectivity index (χ0n) is 16.1. The fraction of sp³-hybridized carbons (Fsp3) is 0.364. The van der Waals surface area contributed by atoms with Crippen molar-refractivity contribution in [2.45, 2.75) is 25.3 Å². The molecule has 2 aromatic rings. The van der Waals surface area contributed by atoms with Gasteiger partial charge in [0.2, 0.25) is 5.91 Å². The summed E-state index contributed by atoms with van der Waals surface area (Å²) in [7, 11) is 0. The Morgan fingerprint density at radius 1 is 1.04 bits per heavy atom. The van der Waals surface area contributed by atoms with Gasteiger partial charge in [0.05, 0.1) is 6.54 Å². The molecular weight excluding hydrogens is 352 g/mol. The first-order valence-corrected chi connectivity index (χ1v) is 9.86. The zero-order valence-corrected chi connectivity index (χ0v) is 16.1. The van der Waals surface area contributed by atoms with Gasteiger partial charge in [0.15, 0.2) is 0 Å². The lowest BCUT2D eigenvalue weighted by Gasteiger charge is -2.26. The number of hydrogen-bond acceptors (Lipinski definition) is 3. The third kappa shape index (κ3) is 6.39. The summed E-state index contributed by atoms with van der Waals surface area (Å²) in [6.45, 7) is 2.31. The predicted molar refractivity (Wildman–Crippen MR) is 111 cm³/mol. The summed E-state index contributed by atoms with van der Waals surface area (Å²) in [6, 6.07) is 19.3. The first kappa shape index (κ1) is 19.9. The van der Waals surface area contributed by atoms with Crippen molar-refractivity contribution in [2.24, 2.45) is 0 Å². The fourth-order valence-electron chi connectivity index (χ4n) is 3.37. The van der Waals surface area contributed by atoms with E-state index in [4.69, 9.17) is 0 Å². The summed E-state index contributed by atoms with van der Waals surface area (Å²) in [5.41, 5.74) is 1.90. The minimum Gasteiger partial charge on any atom is -0.339 e. The van der Waals surface area contributed by atoms with Gasteiger partial charge in [0.1, 0.15) is 0 Å². The predicted octanol–water partition coefficient (Wildman–Crippen LogP) is 2.63. The Labute approximate surface area is 166 Å². The SMILES string of the molecule is O=C(NCC(=O)N(CCc1ccccc1)C[C@@H]1CCCN1)Nc1ccccc1. The van der Waals surface area contributed by atoms with Crippen LogP contribution in [0.4, 0.5) is 10.5 Å². The topological polar surface area (TPSA) is 73.5 Å². The van der Waals surface area contributed by atoms with Gasteiger partial charge in [0.25, 0.3) is 0 Å². The third-order valence-corrected chi connectivity index (χ3v) is 4.90. The number of rotatable bonds is 8. The molecule has 6 heteroatoms. The average molecular weight is 380 g/mol. The van der Waals surface area contributed by atoms with E-state index in [1.165, 1.54) is 5.56 Å². The summed E-state index contributed by atoms with van der Waals surface area (Å²) in [4.78, 5) is 26.7. The molecular formula is C22H28N4O2. The molecule has 0 aliphatic carbocycles. The van der Waals surface area contributed by atoms with Crippen molar-refractivity contribution in [1.29, 1.82) is 0 Å². The zero-order chi connectivity index (χ0) is 19.6. The number of amides is 3. The molecule has 1 aliphatic rings. The van der Waals surface area contributed by atoms with Gasteiger partial charge >= 0.3 is 6.03 Å². The Morgan fingerprint density at radius 2 is 1.75 bits per heavy atom. The molecule has 0 radical (unpaired) electrons. The maximum atomic E-state index is 12.8. The Bertz CT molecular complexity index is 746. The van der Waals surface area contributed by atoms with E-state index < -0.39 is 0 Å². The molecule has 1 saturated heterocycles. The summed E-state index contributed by atoms with van der Waals surface area (Å²) in [6.07, 6.45) is 3.02. The van der Waals surface area contributed by atoms with Crippen LogP contribution in [0.25, 0.3) is 0 Å². The Hall–Kier alpha value is -2.86. The van der Waals surface area contributed by atoms with E-state index in [0.29, 0.717) is 24.8 Å².